The highest BCUT2D eigenvalue weighted by Crippen LogP contribution is 2.44. The number of aryl methyl sites for hydroxylation is 1. The van der Waals surface area contributed by atoms with Crippen LogP contribution in [0.2, 0.25) is 0 Å². The lowest BCUT2D eigenvalue weighted by Crippen LogP contribution is -2.56. The smallest absolute Gasteiger partial charge is 0.263 e. The zero-order valence-electron chi connectivity index (χ0n) is 16.7. The predicted molar refractivity (Wildman–Crippen MR) is 108 cm³/mol. The van der Waals surface area contributed by atoms with Crippen molar-refractivity contribution in [3.63, 3.8) is 0 Å². The number of carbonyl (C=O) groups is 2. The highest BCUT2D eigenvalue weighted by Gasteiger charge is 2.57. The van der Waals surface area contributed by atoms with Crippen LogP contribution in [0.25, 0.3) is 0 Å². The van der Waals surface area contributed by atoms with Crippen LogP contribution in [-0.4, -0.2) is 59.4 Å². The van der Waals surface area contributed by atoms with E-state index in [2.05, 4.69) is 24.1 Å². The van der Waals surface area contributed by atoms with E-state index in [4.69, 9.17) is 0 Å². The standard InChI is InChI=1S/C21H31N3O2S/c1-4-5-14(2)24-12-16-17(13-24)21(22-19(16)25)8-10-23(11-9-21)20(26)18-7-6-15(3)27-18/h6-7,14,16-17H,4-5,8-13H2,1-3H3,(H,22,25)/t14?,16-,17+/m1/s1. The molecule has 3 aliphatic rings. The summed E-state index contributed by atoms with van der Waals surface area (Å²) in [6.07, 6.45) is 4.14. The maximum absolute atomic E-state index is 12.8. The third kappa shape index (κ3) is 3.31. The first-order valence-electron chi connectivity index (χ1n) is 10.4. The summed E-state index contributed by atoms with van der Waals surface area (Å²) in [6, 6.07) is 4.49. The molecule has 0 saturated carbocycles. The minimum Gasteiger partial charge on any atom is -0.350 e. The van der Waals surface area contributed by atoms with Gasteiger partial charge in [0.2, 0.25) is 5.91 Å². The Hall–Kier alpha value is -1.40. The van der Waals surface area contributed by atoms with Gasteiger partial charge in [-0.1, -0.05) is 13.3 Å². The Labute approximate surface area is 166 Å². The molecular weight excluding hydrogens is 358 g/mol. The molecule has 4 rings (SSSR count). The van der Waals surface area contributed by atoms with E-state index in [0.717, 1.165) is 43.9 Å². The van der Waals surface area contributed by atoms with Gasteiger partial charge in [0, 0.05) is 48.6 Å². The van der Waals surface area contributed by atoms with Gasteiger partial charge in [-0.3, -0.25) is 14.5 Å². The van der Waals surface area contributed by atoms with E-state index in [1.54, 1.807) is 11.3 Å². The Balaban J connectivity index is 1.43. The van der Waals surface area contributed by atoms with Crippen LogP contribution >= 0.6 is 11.3 Å². The maximum Gasteiger partial charge on any atom is 0.263 e. The molecule has 3 fully saturated rings. The molecule has 148 valence electrons. The Morgan fingerprint density at radius 1 is 1.33 bits per heavy atom. The van der Waals surface area contributed by atoms with Gasteiger partial charge < -0.3 is 10.2 Å². The van der Waals surface area contributed by atoms with Crippen molar-refractivity contribution in [3.8, 4) is 0 Å². The first-order valence-corrected chi connectivity index (χ1v) is 11.2. The van der Waals surface area contributed by atoms with E-state index >= 15 is 0 Å². The van der Waals surface area contributed by atoms with Crippen molar-refractivity contribution in [2.24, 2.45) is 11.8 Å². The molecule has 0 bridgehead atoms. The van der Waals surface area contributed by atoms with Gasteiger partial charge in [-0.15, -0.1) is 11.3 Å². The summed E-state index contributed by atoms with van der Waals surface area (Å²) in [6.45, 7) is 9.95. The second-order valence-corrected chi connectivity index (χ2v) is 9.94. The van der Waals surface area contributed by atoms with Crippen molar-refractivity contribution in [3.05, 3.63) is 21.9 Å². The molecule has 3 aliphatic heterocycles. The van der Waals surface area contributed by atoms with Gasteiger partial charge in [0.15, 0.2) is 0 Å². The molecule has 27 heavy (non-hydrogen) atoms. The number of hydrogen-bond donors (Lipinski definition) is 1. The van der Waals surface area contributed by atoms with Gasteiger partial charge in [0.05, 0.1) is 10.8 Å². The Morgan fingerprint density at radius 3 is 2.70 bits per heavy atom. The molecule has 1 spiro atoms. The number of likely N-dealkylation sites (tertiary alicyclic amines) is 2. The van der Waals surface area contributed by atoms with E-state index in [-0.39, 0.29) is 23.3 Å². The molecule has 3 saturated heterocycles. The fraction of sp³-hybridized carbons (Fsp3) is 0.714. The van der Waals surface area contributed by atoms with E-state index in [1.807, 2.05) is 24.0 Å². The molecule has 4 heterocycles. The summed E-state index contributed by atoms with van der Waals surface area (Å²) in [5.41, 5.74) is -0.107. The van der Waals surface area contributed by atoms with Crippen molar-refractivity contribution >= 4 is 23.2 Å². The molecule has 1 aromatic heterocycles. The third-order valence-electron chi connectivity index (χ3n) is 6.99. The van der Waals surface area contributed by atoms with Gasteiger partial charge in [0.25, 0.3) is 5.91 Å². The zero-order chi connectivity index (χ0) is 19.2. The van der Waals surface area contributed by atoms with E-state index in [0.29, 0.717) is 12.0 Å². The summed E-state index contributed by atoms with van der Waals surface area (Å²) in [7, 11) is 0. The average Bonchev–Trinajstić information content (AvgIpc) is 3.33. The lowest BCUT2D eigenvalue weighted by Gasteiger charge is -2.43. The van der Waals surface area contributed by atoms with Crippen molar-refractivity contribution in [2.45, 2.75) is 58.0 Å². The summed E-state index contributed by atoms with van der Waals surface area (Å²) in [5.74, 6) is 0.908. The second-order valence-electron chi connectivity index (χ2n) is 8.65. The lowest BCUT2D eigenvalue weighted by molar-refractivity contribution is -0.123. The number of thiophene rings is 1. The first-order chi connectivity index (χ1) is 12.9. The molecule has 1 unspecified atom stereocenters. The summed E-state index contributed by atoms with van der Waals surface area (Å²) in [4.78, 5) is 31.9. The lowest BCUT2D eigenvalue weighted by atomic mass is 9.75. The third-order valence-corrected chi connectivity index (χ3v) is 7.98. The molecule has 1 aromatic rings. The molecule has 6 heteroatoms. The van der Waals surface area contributed by atoms with Crippen LogP contribution in [0.4, 0.5) is 0 Å². The minimum atomic E-state index is -0.107. The van der Waals surface area contributed by atoms with Gasteiger partial charge >= 0.3 is 0 Å². The number of amides is 2. The topological polar surface area (TPSA) is 52.7 Å². The normalized spacial score (nSPS) is 28.4. The second kappa shape index (κ2) is 7.21. The number of nitrogens with zero attached hydrogens (tertiary/aromatic N) is 2. The molecule has 2 amide bonds. The summed E-state index contributed by atoms with van der Waals surface area (Å²) < 4.78 is 0. The minimum absolute atomic E-state index is 0.107. The van der Waals surface area contributed by atoms with Gasteiger partial charge in [-0.2, -0.15) is 0 Å². The largest absolute Gasteiger partial charge is 0.350 e. The number of piperidine rings is 1. The van der Waals surface area contributed by atoms with E-state index < -0.39 is 0 Å². The highest BCUT2D eigenvalue weighted by atomic mass is 32.1. The quantitative estimate of drug-likeness (QED) is 0.861. The fourth-order valence-electron chi connectivity index (χ4n) is 5.36. The SMILES string of the molecule is CCCC(C)N1C[C@H]2C(=O)NC3(CCN(C(=O)c4ccc(C)s4)CC3)[C@H]2C1. The molecular formula is C21H31N3O2S. The zero-order valence-corrected chi connectivity index (χ0v) is 17.5. The summed E-state index contributed by atoms with van der Waals surface area (Å²) >= 11 is 1.57. The van der Waals surface area contributed by atoms with Crippen molar-refractivity contribution in [1.29, 1.82) is 0 Å². The summed E-state index contributed by atoms with van der Waals surface area (Å²) in [5, 5.41) is 3.37. The Bertz CT molecular complexity index is 723. The van der Waals surface area contributed by atoms with Crippen molar-refractivity contribution in [2.75, 3.05) is 26.2 Å². The predicted octanol–water partition coefficient (Wildman–Crippen LogP) is 2.90. The molecule has 5 nitrogen and oxygen atoms in total. The van der Waals surface area contributed by atoms with E-state index in [9.17, 15) is 9.59 Å². The van der Waals surface area contributed by atoms with Crippen LogP contribution in [0.1, 0.15) is 54.1 Å². The number of rotatable bonds is 4. The van der Waals surface area contributed by atoms with Gasteiger partial charge in [-0.05, 0) is 45.2 Å². The van der Waals surface area contributed by atoms with Crippen LogP contribution in [0.5, 0.6) is 0 Å². The molecule has 0 aromatic carbocycles. The van der Waals surface area contributed by atoms with Crippen LogP contribution < -0.4 is 5.32 Å². The molecule has 3 atom stereocenters. The number of hydrogen-bond acceptors (Lipinski definition) is 4. The van der Waals surface area contributed by atoms with Crippen molar-refractivity contribution < 1.29 is 9.59 Å². The molecule has 0 aliphatic carbocycles. The van der Waals surface area contributed by atoms with Gasteiger partial charge in [-0.25, -0.2) is 0 Å². The average molecular weight is 390 g/mol. The molecule has 1 N–H and O–H groups in total. The fourth-order valence-corrected chi connectivity index (χ4v) is 6.20. The van der Waals surface area contributed by atoms with Crippen molar-refractivity contribution in [1.82, 2.24) is 15.1 Å². The highest BCUT2D eigenvalue weighted by molar-refractivity contribution is 7.13. The maximum atomic E-state index is 12.8. The van der Waals surface area contributed by atoms with Crippen LogP contribution in [0.15, 0.2) is 12.1 Å². The monoisotopic (exact) mass is 389 g/mol. The number of nitrogens with one attached hydrogen (secondary N) is 1. The number of carbonyl (C=O) groups excluding carboxylic acids is 2. The Kier molecular flexibility index (Phi) is 5.06. The van der Waals surface area contributed by atoms with Gasteiger partial charge in [0.1, 0.15) is 0 Å². The molecule has 0 radical (unpaired) electrons. The first kappa shape index (κ1) is 18.9. The Morgan fingerprint density at radius 2 is 2.07 bits per heavy atom. The van der Waals surface area contributed by atoms with Crippen LogP contribution in [-0.2, 0) is 4.79 Å². The van der Waals surface area contributed by atoms with Crippen LogP contribution in [0, 0.1) is 18.8 Å². The van der Waals surface area contributed by atoms with E-state index in [1.165, 1.54) is 17.7 Å². The van der Waals surface area contributed by atoms with Crippen LogP contribution in [0.3, 0.4) is 0 Å². The number of fused-ring (bicyclic) bond motifs is 2.